The summed E-state index contributed by atoms with van der Waals surface area (Å²) in [6.45, 7) is 11.0. The Morgan fingerprint density at radius 1 is 1.24 bits per heavy atom. The molecular weight excluding hydrogens is 331 g/mol. The highest BCUT2D eigenvalue weighted by Gasteiger charge is 2.38. The Labute approximate surface area is 136 Å². The Hall–Kier alpha value is -0.450. The standard InChI is InChI=1S/C17H26BrFN2/c1-11(14-7-6-12(18)8-15(14)19)20-13-9-16(2,3)21-17(4,5)10-13/h6-8,11,13,20-21H,9-10H2,1-5H3. The van der Waals surface area contributed by atoms with E-state index in [1.54, 1.807) is 0 Å². The van der Waals surface area contributed by atoms with E-state index in [2.05, 4.69) is 54.3 Å². The Bertz CT molecular complexity index is 498. The Balaban J connectivity index is 2.10. The summed E-state index contributed by atoms with van der Waals surface area (Å²) in [5.41, 5.74) is 0.918. The van der Waals surface area contributed by atoms with Crippen molar-refractivity contribution in [3.8, 4) is 0 Å². The highest BCUT2D eigenvalue weighted by molar-refractivity contribution is 9.10. The maximum Gasteiger partial charge on any atom is 0.129 e. The summed E-state index contributed by atoms with van der Waals surface area (Å²) in [7, 11) is 0. The van der Waals surface area contributed by atoms with E-state index >= 15 is 0 Å². The van der Waals surface area contributed by atoms with Crippen molar-refractivity contribution in [2.75, 3.05) is 0 Å². The fourth-order valence-electron chi connectivity index (χ4n) is 3.74. The molecule has 1 aliphatic rings. The monoisotopic (exact) mass is 356 g/mol. The molecule has 4 heteroatoms. The molecule has 0 aromatic heterocycles. The molecule has 2 N–H and O–H groups in total. The van der Waals surface area contributed by atoms with Crippen molar-refractivity contribution in [1.29, 1.82) is 0 Å². The van der Waals surface area contributed by atoms with Gasteiger partial charge in [0.1, 0.15) is 5.82 Å². The molecule has 21 heavy (non-hydrogen) atoms. The summed E-state index contributed by atoms with van der Waals surface area (Å²) in [5.74, 6) is -0.156. The van der Waals surface area contributed by atoms with Crippen LogP contribution in [0.25, 0.3) is 0 Å². The van der Waals surface area contributed by atoms with Gasteiger partial charge < -0.3 is 10.6 Å². The lowest BCUT2D eigenvalue weighted by Crippen LogP contribution is -2.61. The minimum atomic E-state index is -0.156. The molecule has 1 aliphatic heterocycles. The molecule has 0 aliphatic carbocycles. The zero-order chi connectivity index (χ0) is 15.8. The summed E-state index contributed by atoms with van der Waals surface area (Å²) in [4.78, 5) is 0. The average Bonchev–Trinajstić information content (AvgIpc) is 2.23. The zero-order valence-corrected chi connectivity index (χ0v) is 15.1. The average molecular weight is 357 g/mol. The molecule has 1 atom stereocenters. The van der Waals surface area contributed by atoms with E-state index < -0.39 is 0 Å². The van der Waals surface area contributed by atoms with Crippen LogP contribution in [0.3, 0.4) is 0 Å². The van der Waals surface area contributed by atoms with Gasteiger partial charge in [0.25, 0.3) is 0 Å². The molecule has 1 aromatic rings. The van der Waals surface area contributed by atoms with Crippen molar-refractivity contribution < 1.29 is 4.39 Å². The molecule has 0 saturated carbocycles. The van der Waals surface area contributed by atoms with Gasteiger partial charge in [-0.05, 0) is 59.6 Å². The first-order chi connectivity index (χ1) is 9.58. The van der Waals surface area contributed by atoms with Crippen LogP contribution in [0.2, 0.25) is 0 Å². The van der Waals surface area contributed by atoms with Crippen molar-refractivity contribution in [3.63, 3.8) is 0 Å². The summed E-state index contributed by atoms with van der Waals surface area (Å²) in [6, 6.07) is 5.67. The first kappa shape index (κ1) is 16.9. The van der Waals surface area contributed by atoms with Crippen LogP contribution in [-0.2, 0) is 0 Å². The van der Waals surface area contributed by atoms with Crippen LogP contribution < -0.4 is 10.6 Å². The normalized spacial score (nSPS) is 23.0. The second kappa shape index (κ2) is 5.98. The molecule has 1 unspecified atom stereocenters. The van der Waals surface area contributed by atoms with Gasteiger partial charge in [0.15, 0.2) is 0 Å². The third-order valence-electron chi connectivity index (χ3n) is 4.10. The van der Waals surface area contributed by atoms with E-state index in [-0.39, 0.29) is 22.9 Å². The molecule has 1 heterocycles. The molecule has 1 aromatic carbocycles. The molecular formula is C17H26BrFN2. The van der Waals surface area contributed by atoms with Crippen LogP contribution in [0.4, 0.5) is 4.39 Å². The van der Waals surface area contributed by atoms with Crippen LogP contribution >= 0.6 is 15.9 Å². The van der Waals surface area contributed by atoms with E-state index in [0.717, 1.165) is 22.9 Å². The topological polar surface area (TPSA) is 24.1 Å². The van der Waals surface area contributed by atoms with Gasteiger partial charge in [-0.3, -0.25) is 0 Å². The first-order valence-corrected chi connectivity index (χ1v) is 8.38. The van der Waals surface area contributed by atoms with Gasteiger partial charge in [0.2, 0.25) is 0 Å². The van der Waals surface area contributed by atoms with Crippen molar-refractivity contribution in [2.24, 2.45) is 0 Å². The minimum Gasteiger partial charge on any atom is -0.307 e. The van der Waals surface area contributed by atoms with Crippen LogP contribution in [0, 0.1) is 5.82 Å². The lowest BCUT2D eigenvalue weighted by molar-refractivity contribution is 0.140. The van der Waals surface area contributed by atoms with Gasteiger partial charge in [-0.1, -0.05) is 22.0 Å². The predicted molar refractivity (Wildman–Crippen MR) is 90.0 cm³/mol. The molecule has 1 fully saturated rings. The molecule has 1 saturated heterocycles. The minimum absolute atomic E-state index is 0.00722. The summed E-state index contributed by atoms with van der Waals surface area (Å²) < 4.78 is 14.9. The second-order valence-electron chi connectivity index (χ2n) is 7.55. The smallest absolute Gasteiger partial charge is 0.129 e. The van der Waals surface area contributed by atoms with E-state index in [1.807, 2.05) is 19.1 Å². The molecule has 0 spiro atoms. The molecule has 2 nitrogen and oxygen atoms in total. The first-order valence-electron chi connectivity index (χ1n) is 7.58. The fraction of sp³-hybridized carbons (Fsp3) is 0.647. The predicted octanol–water partition coefficient (Wildman–Crippen LogP) is 4.55. The van der Waals surface area contributed by atoms with Gasteiger partial charge in [-0.15, -0.1) is 0 Å². The number of halogens is 2. The zero-order valence-electron chi connectivity index (χ0n) is 13.6. The number of nitrogens with one attached hydrogen (secondary N) is 2. The van der Waals surface area contributed by atoms with Crippen molar-refractivity contribution in [3.05, 3.63) is 34.1 Å². The number of hydrogen-bond acceptors (Lipinski definition) is 2. The molecule has 0 radical (unpaired) electrons. The summed E-state index contributed by atoms with van der Waals surface area (Å²) in [5, 5.41) is 7.28. The maximum atomic E-state index is 14.1. The lowest BCUT2D eigenvalue weighted by atomic mass is 9.79. The third kappa shape index (κ3) is 4.51. The van der Waals surface area contributed by atoms with Gasteiger partial charge in [0, 0.05) is 33.2 Å². The summed E-state index contributed by atoms with van der Waals surface area (Å²) in [6.07, 6.45) is 2.08. The Morgan fingerprint density at radius 2 is 1.81 bits per heavy atom. The quantitative estimate of drug-likeness (QED) is 0.830. The van der Waals surface area contributed by atoms with Gasteiger partial charge in [0.05, 0.1) is 0 Å². The van der Waals surface area contributed by atoms with Crippen molar-refractivity contribution in [2.45, 2.75) is 70.6 Å². The van der Waals surface area contributed by atoms with Crippen LogP contribution in [0.5, 0.6) is 0 Å². The third-order valence-corrected chi connectivity index (χ3v) is 4.60. The number of piperidine rings is 1. The molecule has 2 rings (SSSR count). The number of rotatable bonds is 3. The Kier molecular flexibility index (Phi) is 4.81. The largest absolute Gasteiger partial charge is 0.307 e. The van der Waals surface area contributed by atoms with E-state index in [1.165, 1.54) is 6.07 Å². The number of hydrogen-bond donors (Lipinski definition) is 2. The van der Waals surface area contributed by atoms with Gasteiger partial charge >= 0.3 is 0 Å². The Morgan fingerprint density at radius 3 is 2.33 bits per heavy atom. The number of benzene rings is 1. The van der Waals surface area contributed by atoms with Crippen LogP contribution in [0.15, 0.2) is 22.7 Å². The fourth-order valence-corrected chi connectivity index (χ4v) is 4.07. The van der Waals surface area contributed by atoms with Gasteiger partial charge in [-0.25, -0.2) is 4.39 Å². The van der Waals surface area contributed by atoms with Crippen LogP contribution in [0.1, 0.15) is 59.1 Å². The maximum absolute atomic E-state index is 14.1. The SMILES string of the molecule is CC(NC1CC(C)(C)NC(C)(C)C1)c1ccc(Br)cc1F. The highest BCUT2D eigenvalue weighted by Crippen LogP contribution is 2.30. The molecule has 118 valence electrons. The van der Waals surface area contributed by atoms with E-state index in [4.69, 9.17) is 0 Å². The second-order valence-corrected chi connectivity index (χ2v) is 8.47. The van der Waals surface area contributed by atoms with Gasteiger partial charge in [-0.2, -0.15) is 0 Å². The van der Waals surface area contributed by atoms with Crippen molar-refractivity contribution >= 4 is 15.9 Å². The highest BCUT2D eigenvalue weighted by atomic mass is 79.9. The molecule has 0 bridgehead atoms. The summed E-state index contributed by atoms with van der Waals surface area (Å²) >= 11 is 3.31. The molecule has 0 amide bonds. The van der Waals surface area contributed by atoms with E-state index in [9.17, 15) is 4.39 Å². The van der Waals surface area contributed by atoms with Crippen molar-refractivity contribution in [1.82, 2.24) is 10.6 Å². The van der Waals surface area contributed by atoms with Crippen LogP contribution in [-0.4, -0.2) is 17.1 Å². The lowest BCUT2D eigenvalue weighted by Gasteiger charge is -2.47. The van der Waals surface area contributed by atoms with E-state index in [0.29, 0.717) is 6.04 Å².